The van der Waals surface area contributed by atoms with Crippen LogP contribution in [-0.4, -0.2) is 50.8 Å². The molecule has 0 saturated carbocycles. The molecular weight excluding hydrogens is 414 g/mol. The van der Waals surface area contributed by atoms with E-state index in [0.29, 0.717) is 50.3 Å². The molecule has 0 aliphatic carbocycles. The summed E-state index contributed by atoms with van der Waals surface area (Å²) in [7, 11) is 0. The van der Waals surface area contributed by atoms with Crippen LogP contribution in [0, 0.1) is 0 Å². The number of aromatic nitrogens is 3. The smallest absolute Gasteiger partial charge is 0.321 e. The Labute approximate surface area is 185 Å². The summed E-state index contributed by atoms with van der Waals surface area (Å²) in [5.74, 6) is 1.66. The summed E-state index contributed by atoms with van der Waals surface area (Å²) in [5, 5.41) is 2.99. The van der Waals surface area contributed by atoms with Gasteiger partial charge in [-0.1, -0.05) is 19.1 Å². The Bertz CT molecular complexity index is 1030. The fourth-order valence-electron chi connectivity index (χ4n) is 3.39. The summed E-state index contributed by atoms with van der Waals surface area (Å²) in [6.45, 7) is 4.94. The molecule has 2 amide bonds. The molecule has 2 aromatic heterocycles. The molecule has 3 heterocycles. The normalized spacial score (nSPS) is 13.8. The van der Waals surface area contributed by atoms with E-state index >= 15 is 0 Å². The van der Waals surface area contributed by atoms with Crippen molar-refractivity contribution in [1.82, 2.24) is 18.6 Å². The van der Waals surface area contributed by atoms with Crippen LogP contribution in [0.25, 0.3) is 0 Å². The number of carbonyl (C=O) groups excluding carboxylic acids is 1. The van der Waals surface area contributed by atoms with Crippen LogP contribution in [0.3, 0.4) is 0 Å². The molecule has 4 rings (SSSR count). The molecule has 9 nitrogen and oxygen atoms in total. The van der Waals surface area contributed by atoms with E-state index in [1.165, 1.54) is 5.56 Å². The number of nitrogens with one attached hydrogen (secondary N) is 1. The second-order valence-electron chi connectivity index (χ2n) is 7.23. The minimum atomic E-state index is -0.0870. The van der Waals surface area contributed by atoms with Gasteiger partial charge in [0.05, 0.1) is 11.7 Å². The lowest BCUT2D eigenvalue weighted by molar-refractivity contribution is 0.208. The van der Waals surface area contributed by atoms with E-state index in [4.69, 9.17) is 10.5 Å². The van der Waals surface area contributed by atoms with Crippen LogP contribution in [-0.2, 0) is 13.0 Å². The lowest BCUT2D eigenvalue weighted by Gasteiger charge is -2.34. The number of pyridine rings is 1. The van der Waals surface area contributed by atoms with Crippen LogP contribution in [0.1, 0.15) is 18.1 Å². The van der Waals surface area contributed by atoms with Crippen LogP contribution in [0.2, 0.25) is 0 Å². The number of amides is 2. The maximum Gasteiger partial charge on any atom is 0.321 e. The fourth-order valence-corrected chi connectivity index (χ4v) is 3.91. The van der Waals surface area contributed by atoms with E-state index in [0.717, 1.165) is 29.4 Å². The van der Waals surface area contributed by atoms with E-state index in [2.05, 4.69) is 36.9 Å². The van der Waals surface area contributed by atoms with Crippen molar-refractivity contribution in [3.63, 3.8) is 0 Å². The average Bonchev–Trinajstić information content (AvgIpc) is 3.26. The molecule has 0 unspecified atom stereocenters. The molecule has 31 heavy (non-hydrogen) atoms. The largest absolute Gasteiger partial charge is 0.470 e. The zero-order chi connectivity index (χ0) is 21.6. The Balaban J connectivity index is 1.31. The van der Waals surface area contributed by atoms with Gasteiger partial charge >= 0.3 is 6.03 Å². The van der Waals surface area contributed by atoms with Crippen LogP contribution in [0.4, 0.5) is 22.1 Å². The van der Waals surface area contributed by atoms with Crippen molar-refractivity contribution < 1.29 is 9.53 Å². The zero-order valence-electron chi connectivity index (χ0n) is 17.3. The number of hydrogen-bond acceptors (Lipinski definition) is 8. The van der Waals surface area contributed by atoms with Crippen molar-refractivity contribution in [2.75, 3.05) is 42.1 Å². The first kappa shape index (κ1) is 20.9. The van der Waals surface area contributed by atoms with Crippen molar-refractivity contribution >= 4 is 35.1 Å². The van der Waals surface area contributed by atoms with Gasteiger partial charge in [0.1, 0.15) is 12.4 Å². The topological polar surface area (TPSA) is 110 Å². The van der Waals surface area contributed by atoms with E-state index < -0.39 is 0 Å². The Morgan fingerprint density at radius 3 is 2.77 bits per heavy atom. The predicted octanol–water partition coefficient (Wildman–Crippen LogP) is 3.01. The molecule has 1 aliphatic rings. The van der Waals surface area contributed by atoms with Crippen LogP contribution in [0.15, 0.2) is 42.6 Å². The van der Waals surface area contributed by atoms with Gasteiger partial charge in [-0.3, -0.25) is 0 Å². The van der Waals surface area contributed by atoms with E-state index in [1.54, 1.807) is 12.3 Å². The number of urea groups is 1. The number of anilines is 3. The molecule has 10 heteroatoms. The lowest BCUT2D eigenvalue weighted by Crippen LogP contribution is -2.50. The molecule has 162 valence electrons. The predicted molar refractivity (Wildman–Crippen MR) is 122 cm³/mol. The number of ether oxygens (including phenoxy) is 1. The van der Waals surface area contributed by atoms with Gasteiger partial charge < -0.3 is 25.6 Å². The van der Waals surface area contributed by atoms with Gasteiger partial charge in [-0.05, 0) is 41.8 Å². The van der Waals surface area contributed by atoms with E-state index in [9.17, 15) is 4.79 Å². The van der Waals surface area contributed by atoms with Gasteiger partial charge in [-0.15, -0.1) is 4.37 Å². The van der Waals surface area contributed by atoms with E-state index in [-0.39, 0.29) is 6.03 Å². The van der Waals surface area contributed by atoms with Crippen LogP contribution in [0.5, 0.6) is 5.88 Å². The maximum absolute atomic E-state index is 12.6. The summed E-state index contributed by atoms with van der Waals surface area (Å²) in [6.07, 6.45) is 2.58. The molecule has 1 saturated heterocycles. The van der Waals surface area contributed by atoms with Crippen molar-refractivity contribution in [2.45, 2.75) is 20.0 Å². The Morgan fingerprint density at radius 1 is 1.16 bits per heavy atom. The molecule has 0 spiro atoms. The summed E-state index contributed by atoms with van der Waals surface area (Å²) < 4.78 is 14.5. The summed E-state index contributed by atoms with van der Waals surface area (Å²) in [6, 6.07) is 11.5. The van der Waals surface area contributed by atoms with Crippen LogP contribution >= 0.6 is 11.7 Å². The number of hydrogen-bond donors (Lipinski definition) is 2. The van der Waals surface area contributed by atoms with Gasteiger partial charge in [0, 0.05) is 38.1 Å². The third-order valence-electron chi connectivity index (χ3n) is 5.12. The highest BCUT2D eigenvalue weighted by molar-refractivity contribution is 6.99. The van der Waals surface area contributed by atoms with Crippen molar-refractivity contribution in [2.24, 2.45) is 0 Å². The average molecular weight is 440 g/mol. The molecule has 1 aromatic carbocycles. The monoisotopic (exact) mass is 439 g/mol. The number of nitrogen functional groups attached to an aromatic ring is 1. The van der Waals surface area contributed by atoms with Gasteiger partial charge in [-0.2, -0.15) is 4.37 Å². The Kier molecular flexibility index (Phi) is 6.46. The number of piperazine rings is 1. The number of nitrogens with two attached hydrogens (primary N) is 1. The highest BCUT2D eigenvalue weighted by Crippen LogP contribution is 2.27. The molecular formula is C21H25N7O2S. The number of carbonyl (C=O) groups is 1. The number of benzene rings is 1. The summed E-state index contributed by atoms with van der Waals surface area (Å²) in [5.41, 5.74) is 8.65. The van der Waals surface area contributed by atoms with Crippen LogP contribution < -0.4 is 20.7 Å². The first-order valence-electron chi connectivity index (χ1n) is 10.2. The summed E-state index contributed by atoms with van der Waals surface area (Å²) >= 11 is 1.11. The third kappa shape index (κ3) is 5.21. The number of aryl methyl sites for hydroxylation is 1. The molecule has 3 N–H and O–H groups in total. The molecule has 0 radical (unpaired) electrons. The van der Waals surface area contributed by atoms with Gasteiger partial charge in [0.15, 0.2) is 0 Å². The standard InChI is InChI=1S/C21H25N7O2S/c1-2-15-4-3-5-17(12-15)24-21(29)28-10-8-27(9-11-28)19-20(26-31-25-19)30-14-16-6-7-23-18(22)13-16/h3-7,12-13H,2,8-11,14H2,1H3,(H2,22,23)(H,24,29). The first-order chi connectivity index (χ1) is 15.1. The molecule has 3 aromatic rings. The maximum atomic E-state index is 12.6. The number of rotatable bonds is 6. The minimum Gasteiger partial charge on any atom is -0.470 e. The molecule has 0 atom stereocenters. The second kappa shape index (κ2) is 9.61. The summed E-state index contributed by atoms with van der Waals surface area (Å²) in [4.78, 5) is 20.5. The van der Waals surface area contributed by atoms with Crippen molar-refractivity contribution in [3.8, 4) is 5.88 Å². The van der Waals surface area contributed by atoms with Gasteiger partial charge in [-0.25, -0.2) is 9.78 Å². The SMILES string of the molecule is CCc1cccc(NC(=O)N2CCN(c3nsnc3OCc3ccnc(N)c3)CC2)c1. The Hall–Kier alpha value is -3.40. The molecule has 1 aliphatic heterocycles. The van der Waals surface area contributed by atoms with E-state index in [1.807, 2.05) is 29.2 Å². The number of nitrogens with zero attached hydrogens (tertiary/aromatic N) is 5. The van der Waals surface area contributed by atoms with Gasteiger partial charge in [0.25, 0.3) is 5.88 Å². The fraction of sp³-hybridized carbons (Fsp3) is 0.333. The lowest BCUT2D eigenvalue weighted by atomic mass is 10.1. The Morgan fingerprint density at radius 2 is 2.00 bits per heavy atom. The molecule has 0 bridgehead atoms. The first-order valence-corrected chi connectivity index (χ1v) is 10.9. The molecule has 1 fully saturated rings. The third-order valence-corrected chi connectivity index (χ3v) is 5.62. The highest BCUT2D eigenvalue weighted by Gasteiger charge is 2.25. The highest BCUT2D eigenvalue weighted by atomic mass is 32.1. The minimum absolute atomic E-state index is 0.0870. The van der Waals surface area contributed by atoms with Gasteiger partial charge in [0.2, 0.25) is 5.82 Å². The van der Waals surface area contributed by atoms with Crippen molar-refractivity contribution in [3.05, 3.63) is 53.7 Å². The quantitative estimate of drug-likeness (QED) is 0.607. The zero-order valence-corrected chi connectivity index (χ0v) is 18.1. The van der Waals surface area contributed by atoms with Crippen molar-refractivity contribution in [1.29, 1.82) is 0 Å². The second-order valence-corrected chi connectivity index (χ2v) is 7.76.